The van der Waals surface area contributed by atoms with Gasteiger partial charge in [-0.25, -0.2) is 9.52 Å². The number of nitrogens with zero attached hydrogens (tertiary/aromatic N) is 1. The van der Waals surface area contributed by atoms with Gasteiger partial charge in [-0.2, -0.15) is 4.39 Å². The molecule has 2 aromatic rings. The van der Waals surface area contributed by atoms with Gasteiger partial charge in [0.25, 0.3) is 0 Å². The second kappa shape index (κ2) is 12.3. The average molecular weight is 535 g/mol. The molecule has 37 heavy (non-hydrogen) atoms. The molecule has 0 aromatic heterocycles. The summed E-state index contributed by atoms with van der Waals surface area (Å²) in [4.78, 5) is 13.0. The molecule has 0 spiro atoms. The normalized spacial score (nSPS) is 19.4. The Bertz CT molecular complexity index is 1100. The van der Waals surface area contributed by atoms with E-state index in [1.807, 2.05) is 24.3 Å². The molecular weight excluding hydrogens is 495 g/mol. The lowest BCUT2D eigenvalue weighted by molar-refractivity contribution is -0.134. The Labute approximate surface area is 220 Å². The Morgan fingerprint density at radius 3 is 2.32 bits per heavy atom. The van der Waals surface area contributed by atoms with E-state index in [0.717, 1.165) is 49.7 Å². The molecule has 9 heteroatoms. The van der Waals surface area contributed by atoms with E-state index in [4.69, 9.17) is 9.84 Å². The van der Waals surface area contributed by atoms with Crippen LogP contribution in [0, 0.1) is 0 Å². The Kier molecular flexibility index (Phi) is 9.63. The number of carboxylic acids is 1. The highest BCUT2D eigenvalue weighted by atomic mass is 32.3. The van der Waals surface area contributed by atoms with Gasteiger partial charge in [0.05, 0.1) is 10.6 Å². The van der Waals surface area contributed by atoms with Crippen LogP contribution in [-0.2, 0) is 4.79 Å². The van der Waals surface area contributed by atoms with Gasteiger partial charge in [0, 0.05) is 31.6 Å². The molecule has 0 amide bonds. The van der Waals surface area contributed by atoms with Crippen LogP contribution in [0.1, 0.15) is 75.8 Å². The summed E-state index contributed by atoms with van der Waals surface area (Å²) >= 11 is 0. The first kappa shape index (κ1) is 29.0. The molecular formula is C28H39FN2O5S. The maximum absolute atomic E-state index is 13.7. The molecule has 2 aromatic carbocycles. The summed E-state index contributed by atoms with van der Waals surface area (Å²) in [7, 11) is 0.103. The van der Waals surface area contributed by atoms with Crippen LogP contribution in [0.5, 0.6) is 5.75 Å². The van der Waals surface area contributed by atoms with E-state index in [0.29, 0.717) is 18.4 Å². The van der Waals surface area contributed by atoms with Crippen LogP contribution in [0.15, 0.2) is 59.4 Å². The van der Waals surface area contributed by atoms with Gasteiger partial charge in [0.15, 0.2) is 5.75 Å². The summed E-state index contributed by atoms with van der Waals surface area (Å²) in [5.41, 5.74) is 1.89. The van der Waals surface area contributed by atoms with Gasteiger partial charge in [-0.15, -0.1) is 10.8 Å². The summed E-state index contributed by atoms with van der Waals surface area (Å²) in [6.07, 6.45) is 6.67. The van der Waals surface area contributed by atoms with E-state index in [2.05, 4.69) is 30.7 Å². The van der Waals surface area contributed by atoms with Gasteiger partial charge < -0.3 is 14.7 Å². The van der Waals surface area contributed by atoms with Crippen LogP contribution in [0.4, 0.5) is 10.1 Å². The van der Waals surface area contributed by atoms with Gasteiger partial charge >= 0.3 is 5.97 Å². The number of unbranched alkanes of at least 4 members (excludes halogenated alkanes) is 2. The molecule has 1 heterocycles. The smallest absolute Gasteiger partial charge is 0.368 e. The maximum atomic E-state index is 13.7. The number of hydrogen-bond acceptors (Lipinski definition) is 6. The number of aliphatic carboxylic acids is 1. The quantitative estimate of drug-likeness (QED) is 0.177. The lowest BCUT2D eigenvalue weighted by Gasteiger charge is -2.43. The van der Waals surface area contributed by atoms with Crippen LogP contribution in [0.2, 0.25) is 0 Å². The van der Waals surface area contributed by atoms with Crippen molar-refractivity contribution < 1.29 is 28.1 Å². The van der Waals surface area contributed by atoms with Crippen molar-refractivity contribution in [2.24, 2.45) is 0 Å². The molecule has 1 aliphatic rings. The number of ether oxygens (including phenoxy) is 1. The van der Waals surface area contributed by atoms with E-state index in [1.165, 1.54) is 6.07 Å². The monoisotopic (exact) mass is 534 g/mol. The molecule has 1 atom stereocenters. The molecule has 3 rings (SSSR count). The molecule has 4 N–H and O–H groups in total. The Morgan fingerprint density at radius 2 is 1.78 bits per heavy atom. The van der Waals surface area contributed by atoms with Crippen molar-refractivity contribution in [2.75, 3.05) is 19.0 Å². The summed E-state index contributed by atoms with van der Waals surface area (Å²) in [5, 5.41) is 8.89. The molecule has 0 saturated carbocycles. The van der Waals surface area contributed by atoms with E-state index >= 15 is 0 Å². The van der Waals surface area contributed by atoms with Crippen molar-refractivity contribution in [1.29, 1.82) is 0 Å². The van der Waals surface area contributed by atoms with E-state index < -0.39 is 28.1 Å². The second-order valence-corrected chi connectivity index (χ2v) is 11.7. The van der Waals surface area contributed by atoms with Gasteiger partial charge in [-0.1, -0.05) is 69.9 Å². The highest BCUT2D eigenvalue weighted by molar-refractivity contribution is 8.22. The van der Waals surface area contributed by atoms with Crippen molar-refractivity contribution in [3.8, 4) is 5.75 Å². The van der Waals surface area contributed by atoms with Crippen LogP contribution in [0.3, 0.4) is 0 Å². The third kappa shape index (κ3) is 6.84. The summed E-state index contributed by atoms with van der Waals surface area (Å²) in [6.45, 7) is 4.25. The topological polar surface area (TPSA) is 102 Å². The first-order valence-electron chi connectivity index (χ1n) is 12.8. The highest BCUT2D eigenvalue weighted by Crippen LogP contribution is 2.58. The first-order chi connectivity index (χ1) is 17.5. The van der Waals surface area contributed by atoms with E-state index in [1.54, 1.807) is 19.0 Å². The lowest BCUT2D eigenvalue weighted by Crippen LogP contribution is -2.46. The van der Waals surface area contributed by atoms with Crippen molar-refractivity contribution in [3.05, 3.63) is 65.7 Å². The fraction of sp³-hybridized carbons (Fsp3) is 0.464. The summed E-state index contributed by atoms with van der Waals surface area (Å²) < 4.78 is 45.7. The lowest BCUT2D eigenvalue weighted by atomic mass is 9.75. The largest absolute Gasteiger partial charge is 0.476 e. The van der Waals surface area contributed by atoms with Crippen LogP contribution in [-0.4, -0.2) is 39.8 Å². The van der Waals surface area contributed by atoms with Gasteiger partial charge in [-0.3, -0.25) is 9.11 Å². The number of fused-ring (bicyclic) bond motifs is 1. The second-order valence-electron chi connectivity index (χ2n) is 9.95. The Morgan fingerprint density at radius 1 is 1.16 bits per heavy atom. The van der Waals surface area contributed by atoms with Gasteiger partial charge in [0.1, 0.15) is 6.26 Å². The molecule has 0 bridgehead atoms. The van der Waals surface area contributed by atoms with Crippen molar-refractivity contribution in [1.82, 2.24) is 4.72 Å². The zero-order chi connectivity index (χ0) is 27.2. The molecule has 0 saturated heterocycles. The zero-order valence-electron chi connectivity index (χ0n) is 22.0. The standard InChI is InChI=1S/C28H39FN2O5S/c1-5-7-14-28(15-8-6-2)18-22(20-12-10-9-11-13-20)21-16-24(31(3)4)25(36-19-23(29)27(32)33)17-26(21)37(34,35)30-28/h9-13,16-17,19,22,30,34-35H,5-8,14-15,18H2,1-4H3,(H,32,33)/b23-19-. The van der Waals surface area contributed by atoms with Crippen LogP contribution in [0.25, 0.3) is 0 Å². The third-order valence-electron chi connectivity index (χ3n) is 6.92. The minimum Gasteiger partial charge on any atom is -0.476 e. The van der Waals surface area contributed by atoms with E-state index in [-0.39, 0.29) is 16.6 Å². The molecule has 7 nitrogen and oxygen atoms in total. The fourth-order valence-electron chi connectivity index (χ4n) is 5.04. The number of halogens is 1. The molecule has 0 fully saturated rings. The molecule has 1 unspecified atom stereocenters. The molecule has 0 radical (unpaired) electrons. The number of rotatable bonds is 11. The molecule has 1 aliphatic heterocycles. The fourth-order valence-corrected chi connectivity index (χ4v) is 6.84. The van der Waals surface area contributed by atoms with Gasteiger partial charge in [-0.05, 0) is 36.5 Å². The number of carboxylic acid groups (broad SMARTS) is 1. The minimum atomic E-state index is -3.49. The van der Waals surface area contributed by atoms with Crippen molar-refractivity contribution in [2.45, 2.75) is 75.1 Å². The molecule has 204 valence electrons. The molecule has 0 aliphatic carbocycles. The maximum Gasteiger partial charge on any atom is 0.368 e. The van der Waals surface area contributed by atoms with Crippen molar-refractivity contribution in [3.63, 3.8) is 0 Å². The van der Waals surface area contributed by atoms with Crippen LogP contribution >= 0.6 is 10.8 Å². The number of nitrogens with one attached hydrogen (secondary N) is 1. The number of anilines is 1. The number of hydrogen-bond donors (Lipinski definition) is 4. The highest BCUT2D eigenvalue weighted by Gasteiger charge is 2.43. The predicted molar refractivity (Wildman–Crippen MR) is 147 cm³/mol. The Hall–Kier alpha value is -2.59. The zero-order valence-corrected chi connectivity index (χ0v) is 22.9. The summed E-state index contributed by atoms with van der Waals surface area (Å²) in [5.74, 6) is -3.20. The number of carbonyl (C=O) groups is 1. The SMILES string of the molecule is CCCCC1(CCCC)CC(c2ccccc2)c2cc(N(C)C)c(O/C=C(\F)C(=O)O)cc2S(O)(O)N1. The first-order valence-corrected chi connectivity index (χ1v) is 14.3. The average Bonchev–Trinajstić information content (AvgIpc) is 2.96. The minimum absolute atomic E-state index is 0.128. The predicted octanol–water partition coefficient (Wildman–Crippen LogP) is 7.30. The number of benzene rings is 2. The van der Waals surface area contributed by atoms with Crippen molar-refractivity contribution >= 4 is 22.4 Å². The van der Waals surface area contributed by atoms with Gasteiger partial charge in [0.2, 0.25) is 5.83 Å². The Balaban J connectivity index is 2.25. The summed E-state index contributed by atoms with van der Waals surface area (Å²) in [6, 6.07) is 13.4. The third-order valence-corrected chi connectivity index (χ3v) is 8.61. The van der Waals surface area contributed by atoms with E-state index in [9.17, 15) is 18.3 Å². The van der Waals surface area contributed by atoms with Crippen LogP contribution < -0.4 is 14.4 Å².